The largest absolute Gasteiger partial charge is 0.394 e. The van der Waals surface area contributed by atoms with Gasteiger partial charge in [0.25, 0.3) is 0 Å². The van der Waals surface area contributed by atoms with Crippen LogP contribution in [0.4, 0.5) is 0 Å². The van der Waals surface area contributed by atoms with Crippen molar-refractivity contribution in [3.63, 3.8) is 0 Å². The van der Waals surface area contributed by atoms with Crippen LogP contribution in [0.5, 0.6) is 0 Å². The third-order valence-corrected chi connectivity index (χ3v) is 4.04. The van der Waals surface area contributed by atoms with Crippen LogP contribution >= 0.6 is 0 Å². The second-order valence-electron chi connectivity index (χ2n) is 5.58. The molecule has 136 valence electrons. The lowest BCUT2D eigenvalue weighted by Gasteiger charge is -2.41. The van der Waals surface area contributed by atoms with Gasteiger partial charge in [-0.3, -0.25) is 0 Å². The Morgan fingerprint density at radius 2 is 1.48 bits per heavy atom. The minimum absolute atomic E-state index is 0.668. The summed E-state index contributed by atoms with van der Waals surface area (Å²) in [6, 6.07) is 0. The average molecular weight is 342 g/mol. The van der Waals surface area contributed by atoms with Crippen molar-refractivity contribution in [3.8, 4) is 0 Å². The summed E-state index contributed by atoms with van der Waals surface area (Å²) in [5.74, 6) is -2.37. The predicted octanol–water partition coefficient (Wildman–Crippen LogP) is -5.40. The Hall–Kier alpha value is -0.440. The molecule has 2 heterocycles. The van der Waals surface area contributed by atoms with Gasteiger partial charge in [0.15, 0.2) is 6.29 Å². The Bertz CT molecular complexity index is 393. The third kappa shape index (κ3) is 3.36. The average Bonchev–Trinajstić information content (AvgIpc) is 2.80. The Labute approximate surface area is 130 Å². The maximum atomic E-state index is 10.00. The first-order valence-corrected chi connectivity index (χ1v) is 7.05. The number of rotatable bonds is 5. The zero-order chi connectivity index (χ0) is 17.4. The fraction of sp³-hybridized carbons (Fsp3) is 1.00. The fourth-order valence-electron chi connectivity index (χ4n) is 2.63. The molecule has 0 unspecified atom stereocenters. The maximum absolute atomic E-state index is 10.00. The van der Waals surface area contributed by atoms with Crippen LogP contribution in [0.1, 0.15) is 0 Å². The molecule has 0 aliphatic carbocycles. The molecular formula is C12H22O11. The summed E-state index contributed by atoms with van der Waals surface area (Å²) >= 11 is 0. The molecule has 2 aliphatic heterocycles. The van der Waals surface area contributed by atoms with Crippen LogP contribution in [0, 0.1) is 0 Å². The lowest BCUT2D eigenvalue weighted by Crippen LogP contribution is -2.60. The predicted molar refractivity (Wildman–Crippen MR) is 68.6 cm³/mol. The van der Waals surface area contributed by atoms with Gasteiger partial charge in [-0.05, 0) is 0 Å². The van der Waals surface area contributed by atoms with Crippen molar-refractivity contribution >= 4 is 0 Å². The van der Waals surface area contributed by atoms with Gasteiger partial charge in [-0.15, -0.1) is 0 Å². The quantitative estimate of drug-likeness (QED) is 0.238. The molecule has 0 radical (unpaired) electrons. The highest BCUT2D eigenvalue weighted by Crippen LogP contribution is 2.33. The number of hydrogen-bond donors (Lipinski definition) is 8. The second kappa shape index (κ2) is 7.21. The van der Waals surface area contributed by atoms with Gasteiger partial charge < -0.3 is 55.1 Å². The molecule has 8 N–H and O–H groups in total. The molecule has 2 rings (SSSR count). The smallest absolute Gasteiger partial charge is 0.219 e. The highest BCUT2D eigenvalue weighted by molar-refractivity contribution is 4.98. The summed E-state index contributed by atoms with van der Waals surface area (Å²) in [5.41, 5.74) is 0. The van der Waals surface area contributed by atoms with Crippen molar-refractivity contribution in [3.05, 3.63) is 0 Å². The summed E-state index contributed by atoms with van der Waals surface area (Å²) in [6.07, 6.45) is -12.2. The summed E-state index contributed by atoms with van der Waals surface area (Å²) in [5, 5.41) is 76.5. The van der Waals surface area contributed by atoms with Crippen LogP contribution in [0.3, 0.4) is 0 Å². The van der Waals surface area contributed by atoms with Gasteiger partial charge in [-0.1, -0.05) is 0 Å². The zero-order valence-corrected chi connectivity index (χ0v) is 12.0. The van der Waals surface area contributed by atoms with E-state index in [2.05, 4.69) is 0 Å². The van der Waals surface area contributed by atoms with Gasteiger partial charge in [-0.2, -0.15) is 0 Å². The summed E-state index contributed by atoms with van der Waals surface area (Å²) in [4.78, 5) is 0. The SMILES string of the molecule is OC[C@@H]1O[C@](O)(CO)[C@H](O)[C@@H]1O[C@@H]1O[C@H](CO)[C@H](O)[C@H](O)[C@@H]1O. The molecule has 0 saturated carbocycles. The molecule has 0 aromatic carbocycles. The van der Waals surface area contributed by atoms with Crippen LogP contribution in [0.25, 0.3) is 0 Å². The van der Waals surface area contributed by atoms with Crippen LogP contribution in [-0.4, -0.2) is 115 Å². The van der Waals surface area contributed by atoms with E-state index < -0.39 is 74.6 Å². The van der Waals surface area contributed by atoms with Crippen molar-refractivity contribution in [2.45, 2.75) is 54.8 Å². The zero-order valence-electron chi connectivity index (χ0n) is 12.0. The molecule has 9 atom stereocenters. The Morgan fingerprint density at radius 3 is 2.00 bits per heavy atom. The molecule has 0 aromatic heterocycles. The lowest BCUT2D eigenvalue weighted by atomic mass is 9.99. The molecule has 11 nitrogen and oxygen atoms in total. The first-order chi connectivity index (χ1) is 10.8. The van der Waals surface area contributed by atoms with Gasteiger partial charge in [0.1, 0.15) is 42.7 Å². The van der Waals surface area contributed by atoms with Crippen molar-refractivity contribution in [1.82, 2.24) is 0 Å². The highest BCUT2D eigenvalue weighted by atomic mass is 16.7. The second-order valence-corrected chi connectivity index (χ2v) is 5.58. The Morgan fingerprint density at radius 1 is 0.870 bits per heavy atom. The molecule has 2 fully saturated rings. The van der Waals surface area contributed by atoms with E-state index in [1.165, 1.54) is 0 Å². The summed E-state index contributed by atoms with van der Waals surface area (Å²) < 4.78 is 15.3. The van der Waals surface area contributed by atoms with E-state index in [-0.39, 0.29) is 0 Å². The molecule has 2 aliphatic rings. The third-order valence-electron chi connectivity index (χ3n) is 4.04. The van der Waals surface area contributed by atoms with Crippen molar-refractivity contribution in [1.29, 1.82) is 0 Å². The topological polar surface area (TPSA) is 190 Å². The number of hydrogen-bond acceptors (Lipinski definition) is 11. The van der Waals surface area contributed by atoms with E-state index in [9.17, 15) is 30.6 Å². The van der Waals surface area contributed by atoms with Crippen LogP contribution in [0.15, 0.2) is 0 Å². The molecular weight excluding hydrogens is 320 g/mol. The van der Waals surface area contributed by atoms with Crippen LogP contribution in [0.2, 0.25) is 0 Å². The van der Waals surface area contributed by atoms with Crippen molar-refractivity contribution in [2.75, 3.05) is 19.8 Å². The molecule has 0 spiro atoms. The standard InChI is InChI=1S/C12H22O11/c13-1-4-6(16)7(17)8(18)11(21-4)22-9-5(2-14)23-12(20,3-15)10(9)19/h4-11,13-20H,1-3H2/t4-,5+,6+,7+,8+,9-,10-,11+,12-/m1/s1. The van der Waals surface area contributed by atoms with E-state index in [1.54, 1.807) is 0 Å². The van der Waals surface area contributed by atoms with Crippen LogP contribution < -0.4 is 0 Å². The number of aliphatic hydroxyl groups is 8. The Kier molecular flexibility index (Phi) is 5.92. The Balaban J connectivity index is 2.13. The molecule has 0 amide bonds. The first-order valence-electron chi connectivity index (χ1n) is 7.05. The van der Waals surface area contributed by atoms with Gasteiger partial charge in [-0.25, -0.2) is 0 Å². The molecule has 11 heteroatoms. The van der Waals surface area contributed by atoms with Gasteiger partial charge in [0.2, 0.25) is 5.79 Å². The lowest BCUT2D eigenvalue weighted by molar-refractivity contribution is -0.318. The fourth-order valence-corrected chi connectivity index (χ4v) is 2.63. The molecule has 0 aromatic rings. The van der Waals surface area contributed by atoms with Crippen LogP contribution in [-0.2, 0) is 14.2 Å². The first kappa shape index (κ1) is 18.9. The summed E-state index contributed by atoms with van der Waals surface area (Å²) in [7, 11) is 0. The van der Waals surface area contributed by atoms with Crippen molar-refractivity contribution in [2.24, 2.45) is 0 Å². The minimum Gasteiger partial charge on any atom is -0.394 e. The van der Waals surface area contributed by atoms with Crippen molar-refractivity contribution < 1.29 is 55.1 Å². The molecule has 2 saturated heterocycles. The van der Waals surface area contributed by atoms with Gasteiger partial charge >= 0.3 is 0 Å². The highest BCUT2D eigenvalue weighted by Gasteiger charge is 2.56. The maximum Gasteiger partial charge on any atom is 0.219 e. The van der Waals surface area contributed by atoms with E-state index in [1.807, 2.05) is 0 Å². The number of ether oxygens (including phenoxy) is 3. The molecule has 23 heavy (non-hydrogen) atoms. The summed E-state index contributed by atoms with van der Waals surface area (Å²) in [6.45, 7) is -2.32. The van der Waals surface area contributed by atoms with Gasteiger partial charge in [0, 0.05) is 0 Å². The van der Waals surface area contributed by atoms with E-state index >= 15 is 0 Å². The number of aliphatic hydroxyl groups excluding tert-OH is 7. The minimum atomic E-state index is -2.37. The van der Waals surface area contributed by atoms with Gasteiger partial charge in [0.05, 0.1) is 19.8 Å². The molecule has 0 bridgehead atoms. The van der Waals surface area contributed by atoms with E-state index in [4.69, 9.17) is 24.4 Å². The normalized spacial score (nSPS) is 51.1. The monoisotopic (exact) mass is 342 g/mol. The van der Waals surface area contributed by atoms with E-state index in [0.717, 1.165) is 0 Å². The van der Waals surface area contributed by atoms with E-state index in [0.29, 0.717) is 0 Å².